The summed E-state index contributed by atoms with van der Waals surface area (Å²) in [6, 6.07) is 0. The van der Waals surface area contributed by atoms with Crippen LogP contribution in [-0.2, 0) is 16.6 Å². The predicted molar refractivity (Wildman–Crippen MR) is 60.2 cm³/mol. The predicted octanol–water partition coefficient (Wildman–Crippen LogP) is 1.41. The van der Waals surface area contributed by atoms with Crippen LogP contribution < -0.4 is 5.32 Å². The fraction of sp³-hybridized carbons (Fsp3) is 0.625. The molecule has 0 bridgehead atoms. The molecule has 0 amide bonds. The summed E-state index contributed by atoms with van der Waals surface area (Å²) in [5.41, 5.74) is 0. The van der Waals surface area contributed by atoms with Crippen LogP contribution in [0.2, 0.25) is 4.47 Å². The van der Waals surface area contributed by atoms with Gasteiger partial charge in [0.1, 0.15) is 0 Å². The van der Waals surface area contributed by atoms with Crippen molar-refractivity contribution in [2.24, 2.45) is 0 Å². The minimum atomic E-state index is -0.784. The van der Waals surface area contributed by atoms with Gasteiger partial charge in [0.2, 0.25) is 0 Å². The molecule has 1 aromatic heterocycles. The molecule has 2 rings (SSSR count). The van der Waals surface area contributed by atoms with Crippen LogP contribution in [-0.4, -0.2) is 27.5 Å². The number of hydrogen-bond acceptors (Lipinski definition) is 4. The van der Waals surface area contributed by atoms with Crippen LogP contribution in [0, 0.1) is 0 Å². The van der Waals surface area contributed by atoms with E-state index >= 15 is 0 Å². The molecule has 1 saturated heterocycles. The van der Waals surface area contributed by atoms with E-state index in [0.717, 1.165) is 24.4 Å². The van der Waals surface area contributed by atoms with E-state index in [1.807, 2.05) is 0 Å². The van der Waals surface area contributed by atoms with Gasteiger partial charge in [-0.3, -0.25) is 4.21 Å². The summed E-state index contributed by atoms with van der Waals surface area (Å²) in [5, 5.41) is 3.51. The third-order valence-corrected chi connectivity index (χ3v) is 5.24. The van der Waals surface area contributed by atoms with Gasteiger partial charge in [0.25, 0.3) is 0 Å². The Hall–Kier alpha value is 0.0300. The maximum atomic E-state index is 11.8. The molecule has 0 aliphatic carbocycles. The van der Waals surface area contributed by atoms with Crippen LogP contribution in [0.5, 0.6) is 0 Å². The lowest BCUT2D eigenvalue weighted by Crippen LogP contribution is -2.19. The van der Waals surface area contributed by atoms with E-state index in [9.17, 15) is 4.21 Å². The smallest absolute Gasteiger partial charge is 0.183 e. The summed E-state index contributed by atoms with van der Waals surface area (Å²) in [6.07, 6.45) is 2.73. The van der Waals surface area contributed by atoms with E-state index in [1.54, 1.807) is 6.20 Å². The van der Waals surface area contributed by atoms with Crippen LogP contribution in [0.1, 0.15) is 11.3 Å². The molecule has 14 heavy (non-hydrogen) atoms. The minimum Gasteiger partial charge on any atom is -0.315 e. The van der Waals surface area contributed by atoms with Crippen molar-refractivity contribution < 1.29 is 4.21 Å². The van der Waals surface area contributed by atoms with E-state index in [2.05, 4.69) is 10.3 Å². The lowest BCUT2D eigenvalue weighted by molar-refractivity contribution is 0.672. The highest BCUT2D eigenvalue weighted by molar-refractivity contribution is 7.85. The van der Waals surface area contributed by atoms with Crippen molar-refractivity contribution in [3.63, 3.8) is 0 Å². The molecular weight excluding hydrogens is 240 g/mol. The Balaban J connectivity index is 1.93. The van der Waals surface area contributed by atoms with Gasteiger partial charge in [0, 0.05) is 33.7 Å². The van der Waals surface area contributed by atoms with Gasteiger partial charge in [-0.05, 0) is 13.0 Å². The van der Waals surface area contributed by atoms with Crippen LogP contribution in [0.4, 0.5) is 0 Å². The van der Waals surface area contributed by atoms with E-state index in [4.69, 9.17) is 11.6 Å². The first-order valence-electron chi connectivity index (χ1n) is 4.44. The first kappa shape index (κ1) is 10.5. The van der Waals surface area contributed by atoms with Gasteiger partial charge in [-0.2, -0.15) is 0 Å². The van der Waals surface area contributed by atoms with E-state index in [-0.39, 0.29) is 0 Å². The number of aromatic nitrogens is 1. The second-order valence-corrected chi connectivity index (χ2v) is 6.63. The maximum Gasteiger partial charge on any atom is 0.183 e. The first-order valence-corrected chi connectivity index (χ1v) is 7.01. The Labute approximate surface area is 94.3 Å². The average molecular weight is 251 g/mol. The molecule has 2 heterocycles. The Kier molecular flexibility index (Phi) is 3.54. The number of rotatable bonds is 3. The van der Waals surface area contributed by atoms with Crippen molar-refractivity contribution in [1.29, 1.82) is 0 Å². The molecule has 1 aliphatic rings. The van der Waals surface area contributed by atoms with Gasteiger partial charge in [-0.25, -0.2) is 4.98 Å². The first-order chi connectivity index (χ1) is 6.75. The fourth-order valence-corrected chi connectivity index (χ4v) is 4.09. The molecule has 0 saturated carbocycles. The van der Waals surface area contributed by atoms with Crippen molar-refractivity contribution >= 4 is 33.7 Å². The maximum absolute atomic E-state index is 11.8. The minimum absolute atomic E-state index is 0.302. The molecule has 2 atom stereocenters. The van der Waals surface area contributed by atoms with Crippen LogP contribution in [0.25, 0.3) is 0 Å². The van der Waals surface area contributed by atoms with Crippen molar-refractivity contribution in [3.8, 4) is 0 Å². The highest BCUT2D eigenvalue weighted by Gasteiger charge is 2.21. The number of nitrogens with one attached hydrogen (secondary N) is 1. The number of halogens is 1. The molecule has 1 N–H and O–H groups in total. The topological polar surface area (TPSA) is 42.0 Å². The Morgan fingerprint density at radius 2 is 2.64 bits per heavy atom. The van der Waals surface area contributed by atoms with Gasteiger partial charge >= 0.3 is 0 Å². The molecule has 0 aromatic carbocycles. The molecule has 78 valence electrons. The summed E-state index contributed by atoms with van der Waals surface area (Å²) in [7, 11) is -0.784. The SMILES string of the molecule is O=[S@](Cc1cnc(Cl)s1)[C@H]1CCNC1. The molecule has 6 heteroatoms. The lowest BCUT2D eigenvalue weighted by Gasteiger charge is -2.06. The van der Waals surface area contributed by atoms with Gasteiger partial charge in [0.15, 0.2) is 4.47 Å². The third-order valence-electron chi connectivity index (χ3n) is 2.20. The number of thiazole rings is 1. The van der Waals surface area contributed by atoms with E-state index in [0.29, 0.717) is 15.5 Å². The van der Waals surface area contributed by atoms with Gasteiger partial charge in [-0.1, -0.05) is 11.6 Å². The summed E-state index contributed by atoms with van der Waals surface area (Å²) < 4.78 is 12.4. The Morgan fingerprint density at radius 3 is 3.21 bits per heavy atom. The largest absolute Gasteiger partial charge is 0.315 e. The quantitative estimate of drug-likeness (QED) is 0.882. The normalized spacial score (nSPS) is 23.9. The molecule has 0 spiro atoms. The summed E-state index contributed by atoms with van der Waals surface area (Å²) in [4.78, 5) is 4.94. The zero-order chi connectivity index (χ0) is 9.97. The fourth-order valence-electron chi connectivity index (χ4n) is 1.46. The molecule has 1 fully saturated rings. The molecule has 1 aliphatic heterocycles. The van der Waals surface area contributed by atoms with Crippen LogP contribution in [0.15, 0.2) is 6.20 Å². The third kappa shape index (κ3) is 2.53. The van der Waals surface area contributed by atoms with Crippen molar-refractivity contribution in [2.75, 3.05) is 13.1 Å². The van der Waals surface area contributed by atoms with E-state index in [1.165, 1.54) is 11.3 Å². The standard InChI is InChI=1S/C8H11ClN2OS2/c9-8-11-3-6(13-8)5-14(12)7-1-2-10-4-7/h3,7,10H,1-2,4-5H2/t7-,14+/m0/s1. The van der Waals surface area contributed by atoms with Crippen molar-refractivity contribution in [3.05, 3.63) is 15.5 Å². The highest BCUT2D eigenvalue weighted by atomic mass is 35.5. The summed E-state index contributed by atoms with van der Waals surface area (Å²) in [6.45, 7) is 1.86. The molecule has 0 unspecified atom stereocenters. The zero-order valence-electron chi connectivity index (χ0n) is 7.53. The van der Waals surface area contributed by atoms with Gasteiger partial charge < -0.3 is 5.32 Å². The molecular formula is C8H11ClN2OS2. The van der Waals surface area contributed by atoms with Gasteiger partial charge in [-0.15, -0.1) is 11.3 Å². The summed E-state index contributed by atoms with van der Waals surface area (Å²) in [5.74, 6) is 0.594. The van der Waals surface area contributed by atoms with Gasteiger partial charge in [0.05, 0.1) is 5.75 Å². The van der Waals surface area contributed by atoms with Crippen LogP contribution >= 0.6 is 22.9 Å². The number of nitrogens with zero attached hydrogens (tertiary/aromatic N) is 1. The highest BCUT2D eigenvalue weighted by Crippen LogP contribution is 2.21. The molecule has 0 radical (unpaired) electrons. The van der Waals surface area contributed by atoms with E-state index < -0.39 is 10.8 Å². The molecule has 3 nitrogen and oxygen atoms in total. The Morgan fingerprint density at radius 1 is 1.79 bits per heavy atom. The van der Waals surface area contributed by atoms with Crippen molar-refractivity contribution in [2.45, 2.75) is 17.4 Å². The second kappa shape index (κ2) is 4.70. The Bertz CT molecular complexity index is 336. The monoisotopic (exact) mass is 250 g/mol. The van der Waals surface area contributed by atoms with Crippen molar-refractivity contribution in [1.82, 2.24) is 10.3 Å². The second-order valence-electron chi connectivity index (χ2n) is 3.22. The average Bonchev–Trinajstić information content (AvgIpc) is 2.75. The molecule has 1 aromatic rings. The van der Waals surface area contributed by atoms with Crippen LogP contribution in [0.3, 0.4) is 0 Å². The lowest BCUT2D eigenvalue weighted by atomic mass is 10.4. The zero-order valence-corrected chi connectivity index (χ0v) is 9.92. The number of hydrogen-bond donors (Lipinski definition) is 1. The summed E-state index contributed by atoms with van der Waals surface area (Å²) >= 11 is 7.12.